The molecule has 1 heterocycles. The Hall–Kier alpha value is -1.42. The Morgan fingerprint density at radius 3 is 2.89 bits per heavy atom. The van der Waals surface area contributed by atoms with E-state index in [9.17, 15) is 4.79 Å². The van der Waals surface area contributed by atoms with Crippen molar-refractivity contribution < 1.29 is 4.79 Å². The first-order valence-electron chi connectivity index (χ1n) is 7.05. The van der Waals surface area contributed by atoms with Gasteiger partial charge in [0.15, 0.2) is 0 Å². The maximum absolute atomic E-state index is 11.8. The number of unbranched alkanes of at least 4 members (excludes halogenated alkanes) is 2. The zero-order valence-corrected chi connectivity index (χ0v) is 12.2. The van der Waals surface area contributed by atoms with E-state index in [1.165, 1.54) is 12.0 Å². The van der Waals surface area contributed by atoms with E-state index in [-0.39, 0.29) is 11.9 Å². The lowest BCUT2D eigenvalue weighted by Crippen LogP contribution is -2.42. The summed E-state index contributed by atoms with van der Waals surface area (Å²) in [6, 6.07) is 1.81. The third-order valence-electron chi connectivity index (χ3n) is 3.21. The molecule has 2 N–H and O–H groups in total. The van der Waals surface area contributed by atoms with Crippen molar-refractivity contribution in [3.05, 3.63) is 29.6 Å². The van der Waals surface area contributed by atoms with Crippen molar-refractivity contribution in [1.82, 2.24) is 15.6 Å². The van der Waals surface area contributed by atoms with E-state index in [0.29, 0.717) is 6.54 Å². The van der Waals surface area contributed by atoms with Gasteiger partial charge in [-0.15, -0.1) is 0 Å². The van der Waals surface area contributed by atoms with Crippen LogP contribution in [0.2, 0.25) is 0 Å². The molecule has 0 aromatic carbocycles. The molecule has 0 radical (unpaired) electrons. The van der Waals surface area contributed by atoms with Crippen LogP contribution in [0.3, 0.4) is 0 Å². The van der Waals surface area contributed by atoms with E-state index in [4.69, 9.17) is 0 Å². The number of amides is 1. The predicted molar refractivity (Wildman–Crippen MR) is 77.8 cm³/mol. The van der Waals surface area contributed by atoms with Crippen LogP contribution in [0.25, 0.3) is 0 Å². The summed E-state index contributed by atoms with van der Waals surface area (Å²) in [5.41, 5.74) is 2.33. The minimum absolute atomic E-state index is 0.0720. The zero-order chi connectivity index (χ0) is 14.1. The molecule has 0 aliphatic heterocycles. The van der Waals surface area contributed by atoms with E-state index in [0.717, 1.165) is 24.9 Å². The second-order valence-electron chi connectivity index (χ2n) is 4.90. The van der Waals surface area contributed by atoms with Crippen LogP contribution in [0, 0.1) is 6.92 Å². The van der Waals surface area contributed by atoms with Gasteiger partial charge in [-0.05, 0) is 37.5 Å². The highest BCUT2D eigenvalue weighted by Crippen LogP contribution is 2.04. The molecule has 1 aromatic rings. The first-order valence-corrected chi connectivity index (χ1v) is 7.05. The van der Waals surface area contributed by atoms with Crippen LogP contribution in [-0.4, -0.2) is 23.5 Å². The van der Waals surface area contributed by atoms with Gasteiger partial charge in [0.05, 0.1) is 6.04 Å². The zero-order valence-electron chi connectivity index (χ0n) is 12.2. The molecule has 1 rings (SSSR count). The van der Waals surface area contributed by atoms with Gasteiger partial charge in [0.2, 0.25) is 5.91 Å². The van der Waals surface area contributed by atoms with Gasteiger partial charge >= 0.3 is 0 Å². The van der Waals surface area contributed by atoms with Gasteiger partial charge in [-0.3, -0.25) is 9.78 Å². The summed E-state index contributed by atoms with van der Waals surface area (Å²) in [7, 11) is 0. The summed E-state index contributed by atoms with van der Waals surface area (Å²) in [6.45, 7) is 7.54. The van der Waals surface area contributed by atoms with Crippen LogP contribution in [0.15, 0.2) is 18.5 Å². The molecule has 1 amide bonds. The fourth-order valence-corrected chi connectivity index (χ4v) is 1.80. The molecule has 1 unspecified atom stereocenters. The minimum atomic E-state index is -0.172. The Balaban J connectivity index is 2.28. The van der Waals surface area contributed by atoms with Crippen molar-refractivity contribution in [1.29, 1.82) is 0 Å². The number of rotatable bonds is 8. The molecule has 19 heavy (non-hydrogen) atoms. The van der Waals surface area contributed by atoms with E-state index in [1.54, 1.807) is 6.20 Å². The highest BCUT2D eigenvalue weighted by atomic mass is 16.2. The summed E-state index contributed by atoms with van der Waals surface area (Å²) in [4.78, 5) is 15.9. The van der Waals surface area contributed by atoms with E-state index in [2.05, 4.69) is 22.5 Å². The second kappa shape index (κ2) is 8.64. The molecule has 1 atom stereocenters. The summed E-state index contributed by atoms with van der Waals surface area (Å²) >= 11 is 0. The number of hydrogen-bond acceptors (Lipinski definition) is 3. The molecular formula is C15H25N3O. The van der Waals surface area contributed by atoms with Gasteiger partial charge in [0, 0.05) is 25.5 Å². The Labute approximate surface area is 116 Å². The molecule has 0 saturated carbocycles. The monoisotopic (exact) mass is 263 g/mol. The summed E-state index contributed by atoms with van der Waals surface area (Å²) in [5.74, 6) is 0.0720. The molecule has 0 spiro atoms. The maximum atomic E-state index is 11.8. The molecule has 0 bridgehead atoms. The van der Waals surface area contributed by atoms with Crippen molar-refractivity contribution in [2.45, 2.75) is 52.6 Å². The molecule has 4 nitrogen and oxygen atoms in total. The number of aryl methyl sites for hydroxylation is 1. The van der Waals surface area contributed by atoms with Crippen molar-refractivity contribution >= 4 is 5.91 Å². The summed E-state index contributed by atoms with van der Waals surface area (Å²) in [5, 5.41) is 6.19. The van der Waals surface area contributed by atoms with Crippen molar-refractivity contribution in [2.24, 2.45) is 0 Å². The third-order valence-corrected chi connectivity index (χ3v) is 3.21. The van der Waals surface area contributed by atoms with Gasteiger partial charge in [-0.2, -0.15) is 0 Å². The van der Waals surface area contributed by atoms with E-state index < -0.39 is 0 Å². The third kappa shape index (κ3) is 5.83. The number of hydrogen-bond donors (Lipinski definition) is 2. The Kier molecular flexibility index (Phi) is 7.11. The number of nitrogens with one attached hydrogen (secondary N) is 2. The van der Waals surface area contributed by atoms with Crippen LogP contribution >= 0.6 is 0 Å². The van der Waals surface area contributed by atoms with Gasteiger partial charge in [0.1, 0.15) is 0 Å². The molecule has 1 aromatic heterocycles. The lowest BCUT2D eigenvalue weighted by Gasteiger charge is -2.14. The van der Waals surface area contributed by atoms with Gasteiger partial charge in [0.25, 0.3) is 0 Å². The molecule has 0 fully saturated rings. The minimum Gasteiger partial charge on any atom is -0.355 e. The van der Waals surface area contributed by atoms with Gasteiger partial charge in [-0.25, -0.2) is 0 Å². The number of nitrogens with zero attached hydrogens (tertiary/aromatic N) is 1. The quantitative estimate of drug-likeness (QED) is 0.707. The predicted octanol–water partition coefficient (Wildman–Crippen LogP) is 2.17. The molecule has 106 valence electrons. The lowest BCUT2D eigenvalue weighted by molar-refractivity contribution is -0.122. The fraction of sp³-hybridized carbons (Fsp3) is 0.600. The summed E-state index contributed by atoms with van der Waals surface area (Å²) in [6.07, 6.45) is 7.01. The topological polar surface area (TPSA) is 54.0 Å². The van der Waals surface area contributed by atoms with Crippen LogP contribution in [0.5, 0.6) is 0 Å². The number of pyridine rings is 1. The molecule has 0 saturated heterocycles. The van der Waals surface area contributed by atoms with Crippen LogP contribution < -0.4 is 10.6 Å². The first-order chi connectivity index (χ1) is 9.15. The van der Waals surface area contributed by atoms with Crippen LogP contribution in [0.1, 0.15) is 44.2 Å². The molecule has 0 aliphatic carbocycles. The van der Waals surface area contributed by atoms with Crippen LogP contribution in [0.4, 0.5) is 0 Å². The summed E-state index contributed by atoms with van der Waals surface area (Å²) < 4.78 is 0. The smallest absolute Gasteiger partial charge is 0.236 e. The average molecular weight is 263 g/mol. The first kappa shape index (κ1) is 15.6. The highest BCUT2D eigenvalue weighted by molar-refractivity contribution is 5.81. The normalized spacial score (nSPS) is 12.2. The fourth-order valence-electron chi connectivity index (χ4n) is 1.80. The van der Waals surface area contributed by atoms with Crippen molar-refractivity contribution in [3.8, 4) is 0 Å². The lowest BCUT2D eigenvalue weighted by atomic mass is 10.1. The Morgan fingerprint density at radius 1 is 1.42 bits per heavy atom. The largest absolute Gasteiger partial charge is 0.355 e. The second-order valence-corrected chi connectivity index (χ2v) is 4.90. The van der Waals surface area contributed by atoms with Crippen molar-refractivity contribution in [2.75, 3.05) is 6.54 Å². The van der Waals surface area contributed by atoms with Crippen LogP contribution in [-0.2, 0) is 11.3 Å². The Morgan fingerprint density at radius 2 is 2.21 bits per heavy atom. The standard InChI is InChI=1S/C15H25N3O/c1-4-5-6-8-17-15(19)13(3)18-11-14-7-9-16-10-12(14)2/h7,9-10,13,18H,4-6,8,11H2,1-3H3,(H,17,19). The highest BCUT2D eigenvalue weighted by Gasteiger charge is 2.11. The molecule has 0 aliphatic rings. The number of carbonyl (C=O) groups excluding carboxylic acids is 1. The van der Waals surface area contributed by atoms with Gasteiger partial charge < -0.3 is 10.6 Å². The van der Waals surface area contributed by atoms with E-state index >= 15 is 0 Å². The molecule has 4 heteroatoms. The molecular weight excluding hydrogens is 238 g/mol. The van der Waals surface area contributed by atoms with Gasteiger partial charge in [-0.1, -0.05) is 19.8 Å². The average Bonchev–Trinajstić information content (AvgIpc) is 2.42. The maximum Gasteiger partial charge on any atom is 0.236 e. The Bertz CT molecular complexity index is 393. The number of carbonyl (C=O) groups is 1. The van der Waals surface area contributed by atoms with E-state index in [1.807, 2.05) is 26.1 Å². The number of aromatic nitrogens is 1. The SMILES string of the molecule is CCCCCNC(=O)C(C)NCc1ccncc1C. The van der Waals surface area contributed by atoms with Crippen molar-refractivity contribution in [3.63, 3.8) is 0 Å².